The van der Waals surface area contributed by atoms with E-state index >= 15 is 0 Å². The van der Waals surface area contributed by atoms with E-state index in [0.717, 1.165) is 23.3 Å². The minimum atomic E-state index is -0.869. The van der Waals surface area contributed by atoms with E-state index in [0.29, 0.717) is 16.4 Å². The maximum absolute atomic E-state index is 13.3. The number of carbonyl (C=O) groups is 4. The molecule has 1 saturated carbocycles. The fourth-order valence-electron chi connectivity index (χ4n) is 3.74. The molecule has 2 aromatic carbocycles. The van der Waals surface area contributed by atoms with E-state index in [1.165, 1.54) is 11.8 Å². The van der Waals surface area contributed by atoms with Crippen LogP contribution < -0.4 is 10.2 Å². The van der Waals surface area contributed by atoms with Gasteiger partial charge in [-0.15, -0.1) is 0 Å². The predicted octanol–water partition coefficient (Wildman–Crippen LogP) is 3.37. The van der Waals surface area contributed by atoms with E-state index in [9.17, 15) is 19.2 Å². The summed E-state index contributed by atoms with van der Waals surface area (Å²) in [5.41, 5.74) is 1.70. The highest BCUT2D eigenvalue weighted by Crippen LogP contribution is 2.35. The van der Waals surface area contributed by atoms with Crippen LogP contribution in [-0.2, 0) is 25.7 Å². The SMILES string of the molecule is CC(=O)Nc1ccc(N2C(=O)CC(N(Cc3ccccc3Cl)C(=O)C3CC3)C2=O)cc1. The van der Waals surface area contributed by atoms with Crippen molar-refractivity contribution in [1.82, 2.24) is 4.90 Å². The first-order valence-electron chi connectivity index (χ1n) is 10.1. The minimum Gasteiger partial charge on any atom is -0.326 e. The van der Waals surface area contributed by atoms with E-state index in [1.54, 1.807) is 36.4 Å². The Balaban J connectivity index is 1.59. The quantitative estimate of drug-likeness (QED) is 0.699. The molecule has 1 unspecified atom stereocenters. The predicted molar refractivity (Wildman–Crippen MR) is 116 cm³/mol. The van der Waals surface area contributed by atoms with Crippen molar-refractivity contribution in [3.63, 3.8) is 0 Å². The lowest BCUT2D eigenvalue weighted by Crippen LogP contribution is -2.45. The average Bonchev–Trinajstić information content (AvgIpc) is 3.53. The van der Waals surface area contributed by atoms with Gasteiger partial charge in [-0.3, -0.25) is 19.2 Å². The number of rotatable bonds is 6. The molecule has 1 saturated heterocycles. The average molecular weight is 440 g/mol. The van der Waals surface area contributed by atoms with E-state index in [1.807, 2.05) is 12.1 Å². The van der Waals surface area contributed by atoms with Crippen molar-refractivity contribution in [2.45, 2.75) is 38.8 Å². The summed E-state index contributed by atoms with van der Waals surface area (Å²) in [4.78, 5) is 52.8. The molecule has 160 valence electrons. The highest BCUT2D eigenvalue weighted by molar-refractivity contribution is 6.31. The van der Waals surface area contributed by atoms with Crippen LogP contribution in [0.15, 0.2) is 48.5 Å². The van der Waals surface area contributed by atoms with Gasteiger partial charge in [0, 0.05) is 30.1 Å². The summed E-state index contributed by atoms with van der Waals surface area (Å²) >= 11 is 6.29. The van der Waals surface area contributed by atoms with Crippen LogP contribution in [0.25, 0.3) is 0 Å². The van der Waals surface area contributed by atoms with Gasteiger partial charge in [-0.1, -0.05) is 29.8 Å². The molecule has 1 N–H and O–H groups in total. The van der Waals surface area contributed by atoms with Gasteiger partial charge < -0.3 is 10.2 Å². The molecule has 1 heterocycles. The molecule has 0 aromatic heterocycles. The Kier molecular flexibility index (Phi) is 5.78. The normalized spacial score (nSPS) is 18.3. The summed E-state index contributed by atoms with van der Waals surface area (Å²) in [5.74, 6) is -1.23. The summed E-state index contributed by atoms with van der Waals surface area (Å²) in [6.45, 7) is 1.57. The van der Waals surface area contributed by atoms with Gasteiger partial charge in [0.2, 0.25) is 17.7 Å². The van der Waals surface area contributed by atoms with Crippen molar-refractivity contribution >= 4 is 46.6 Å². The first kappa shape index (κ1) is 21.1. The summed E-state index contributed by atoms with van der Waals surface area (Å²) in [6, 6.07) is 12.8. The Morgan fingerprint density at radius 3 is 2.39 bits per heavy atom. The number of nitrogens with one attached hydrogen (secondary N) is 1. The second-order valence-electron chi connectivity index (χ2n) is 7.85. The molecule has 2 aliphatic rings. The highest BCUT2D eigenvalue weighted by atomic mass is 35.5. The number of hydrogen-bond donors (Lipinski definition) is 1. The Hall–Kier alpha value is -3.19. The zero-order chi connectivity index (χ0) is 22.1. The molecular weight excluding hydrogens is 418 g/mol. The Morgan fingerprint density at radius 1 is 1.10 bits per heavy atom. The second kappa shape index (κ2) is 8.51. The van der Waals surface area contributed by atoms with Crippen molar-refractivity contribution in [2.75, 3.05) is 10.2 Å². The molecule has 4 rings (SSSR count). The molecule has 2 fully saturated rings. The van der Waals surface area contributed by atoms with Crippen molar-refractivity contribution in [1.29, 1.82) is 0 Å². The van der Waals surface area contributed by atoms with E-state index < -0.39 is 11.9 Å². The third-order valence-electron chi connectivity index (χ3n) is 5.45. The fourth-order valence-corrected chi connectivity index (χ4v) is 3.94. The van der Waals surface area contributed by atoms with Gasteiger partial charge in [0.25, 0.3) is 5.91 Å². The lowest BCUT2D eigenvalue weighted by molar-refractivity contribution is -0.140. The molecule has 2 aromatic rings. The van der Waals surface area contributed by atoms with E-state index in [2.05, 4.69) is 5.32 Å². The van der Waals surface area contributed by atoms with Crippen LogP contribution in [0.2, 0.25) is 5.02 Å². The maximum atomic E-state index is 13.3. The number of amides is 4. The zero-order valence-electron chi connectivity index (χ0n) is 17.0. The van der Waals surface area contributed by atoms with Crippen molar-refractivity contribution < 1.29 is 19.2 Å². The molecule has 0 spiro atoms. The molecule has 1 atom stereocenters. The topological polar surface area (TPSA) is 86.8 Å². The number of carbonyl (C=O) groups excluding carboxylic acids is 4. The summed E-state index contributed by atoms with van der Waals surface area (Å²) in [7, 11) is 0. The van der Waals surface area contributed by atoms with Gasteiger partial charge in [0.1, 0.15) is 6.04 Å². The van der Waals surface area contributed by atoms with Crippen LogP contribution >= 0.6 is 11.6 Å². The minimum absolute atomic E-state index is 0.0742. The van der Waals surface area contributed by atoms with Crippen molar-refractivity contribution in [2.24, 2.45) is 5.92 Å². The Bertz CT molecular complexity index is 1050. The molecule has 0 radical (unpaired) electrons. The number of anilines is 2. The van der Waals surface area contributed by atoms with Crippen molar-refractivity contribution in [3.05, 3.63) is 59.1 Å². The number of imide groups is 1. The summed E-state index contributed by atoms with van der Waals surface area (Å²) in [6.07, 6.45) is 1.51. The van der Waals surface area contributed by atoms with Crippen molar-refractivity contribution in [3.8, 4) is 0 Å². The third-order valence-corrected chi connectivity index (χ3v) is 5.82. The summed E-state index contributed by atoms with van der Waals surface area (Å²) in [5, 5.41) is 3.16. The number of hydrogen-bond acceptors (Lipinski definition) is 4. The molecule has 31 heavy (non-hydrogen) atoms. The summed E-state index contributed by atoms with van der Waals surface area (Å²) < 4.78 is 0. The lowest BCUT2D eigenvalue weighted by Gasteiger charge is -2.28. The number of benzene rings is 2. The number of nitrogens with zero attached hydrogens (tertiary/aromatic N) is 2. The Morgan fingerprint density at radius 2 is 1.77 bits per heavy atom. The fraction of sp³-hybridized carbons (Fsp3) is 0.304. The molecular formula is C23H22ClN3O4. The van der Waals surface area contributed by atoms with Gasteiger partial charge in [0.15, 0.2) is 0 Å². The number of halogens is 1. The standard InChI is InChI=1S/C23H22ClN3O4/c1-14(28)25-17-8-10-18(11-9-17)27-21(29)12-20(23(27)31)26(22(30)15-6-7-15)13-16-4-2-3-5-19(16)24/h2-5,8-11,15,20H,6-7,12-13H2,1H3,(H,25,28). The van der Waals surface area contributed by atoms with Gasteiger partial charge in [-0.25, -0.2) is 4.90 Å². The molecule has 0 bridgehead atoms. The van der Waals surface area contributed by atoms with E-state index in [4.69, 9.17) is 11.6 Å². The third kappa shape index (κ3) is 4.46. The van der Waals surface area contributed by atoms with Crippen LogP contribution in [0, 0.1) is 5.92 Å². The smallest absolute Gasteiger partial charge is 0.257 e. The van der Waals surface area contributed by atoms with Crippen LogP contribution in [0.1, 0.15) is 31.7 Å². The van der Waals surface area contributed by atoms with E-state index in [-0.39, 0.29) is 36.6 Å². The molecule has 4 amide bonds. The molecule has 1 aliphatic heterocycles. The van der Waals surface area contributed by atoms with Gasteiger partial charge >= 0.3 is 0 Å². The molecule has 1 aliphatic carbocycles. The first-order valence-corrected chi connectivity index (χ1v) is 10.5. The molecule has 7 nitrogen and oxygen atoms in total. The van der Waals surface area contributed by atoms with Gasteiger partial charge in [0.05, 0.1) is 12.1 Å². The largest absolute Gasteiger partial charge is 0.326 e. The Labute approximate surface area is 185 Å². The first-order chi connectivity index (χ1) is 14.8. The lowest BCUT2D eigenvalue weighted by atomic mass is 10.1. The van der Waals surface area contributed by atoms with Crippen LogP contribution in [0.5, 0.6) is 0 Å². The zero-order valence-corrected chi connectivity index (χ0v) is 17.8. The van der Waals surface area contributed by atoms with Gasteiger partial charge in [-0.05, 0) is 48.7 Å². The second-order valence-corrected chi connectivity index (χ2v) is 8.25. The maximum Gasteiger partial charge on any atom is 0.257 e. The van der Waals surface area contributed by atoms with Crippen LogP contribution in [0.4, 0.5) is 11.4 Å². The highest BCUT2D eigenvalue weighted by Gasteiger charge is 2.47. The monoisotopic (exact) mass is 439 g/mol. The van der Waals surface area contributed by atoms with Crippen LogP contribution in [0.3, 0.4) is 0 Å². The molecule has 8 heteroatoms. The van der Waals surface area contributed by atoms with Gasteiger partial charge in [-0.2, -0.15) is 0 Å². The van der Waals surface area contributed by atoms with Crippen LogP contribution in [-0.4, -0.2) is 34.6 Å².